The van der Waals surface area contributed by atoms with Gasteiger partial charge in [0.2, 0.25) is 0 Å². The van der Waals surface area contributed by atoms with E-state index in [1.165, 1.54) is 0 Å². The van der Waals surface area contributed by atoms with E-state index >= 15 is 0 Å². The highest BCUT2D eigenvalue weighted by atomic mass is 35.5. The van der Waals surface area contributed by atoms with E-state index in [0.29, 0.717) is 21.4 Å². The summed E-state index contributed by atoms with van der Waals surface area (Å²) in [5, 5.41) is 8.97. The molecule has 1 N–H and O–H groups in total. The molecular formula is C17H12Cl3N5. The summed E-state index contributed by atoms with van der Waals surface area (Å²) in [5.41, 5.74) is 3.10. The molecule has 0 aliphatic heterocycles. The normalized spacial score (nSPS) is 10.5. The molecule has 126 valence electrons. The van der Waals surface area contributed by atoms with Crippen molar-refractivity contribution in [2.24, 2.45) is 0 Å². The SMILES string of the molecule is Cl.Clc1ccc(Nc2cnc3cc(-c4ncccc4Cl)cnn23)cc1. The number of nitrogens with zero attached hydrogens (tertiary/aromatic N) is 4. The first-order valence-electron chi connectivity index (χ1n) is 7.18. The zero-order valence-electron chi connectivity index (χ0n) is 12.7. The second-order valence-electron chi connectivity index (χ2n) is 5.12. The van der Waals surface area contributed by atoms with Gasteiger partial charge in [0.05, 0.1) is 23.1 Å². The highest BCUT2D eigenvalue weighted by Crippen LogP contribution is 2.26. The molecule has 5 nitrogen and oxygen atoms in total. The highest BCUT2D eigenvalue weighted by Gasteiger charge is 2.09. The molecule has 8 heteroatoms. The number of halogens is 3. The second kappa shape index (κ2) is 7.27. The van der Waals surface area contributed by atoms with Crippen LogP contribution in [0.15, 0.2) is 61.1 Å². The zero-order valence-corrected chi connectivity index (χ0v) is 15.1. The molecule has 0 aliphatic rings. The quantitative estimate of drug-likeness (QED) is 0.516. The summed E-state index contributed by atoms with van der Waals surface area (Å²) >= 11 is 12.1. The van der Waals surface area contributed by atoms with E-state index in [1.807, 2.05) is 30.3 Å². The lowest BCUT2D eigenvalue weighted by Crippen LogP contribution is -1.99. The minimum absolute atomic E-state index is 0. The van der Waals surface area contributed by atoms with Crippen LogP contribution in [-0.2, 0) is 0 Å². The van der Waals surface area contributed by atoms with Crippen molar-refractivity contribution in [3.05, 3.63) is 71.1 Å². The largest absolute Gasteiger partial charge is 0.339 e. The molecule has 0 bridgehead atoms. The summed E-state index contributed by atoms with van der Waals surface area (Å²) in [6.07, 6.45) is 5.14. The Bertz CT molecular complexity index is 1010. The number of fused-ring (bicyclic) bond motifs is 1. The van der Waals surface area contributed by atoms with Gasteiger partial charge < -0.3 is 5.32 Å². The lowest BCUT2D eigenvalue weighted by atomic mass is 10.2. The van der Waals surface area contributed by atoms with Crippen LogP contribution < -0.4 is 5.32 Å². The zero-order chi connectivity index (χ0) is 16.5. The van der Waals surface area contributed by atoms with E-state index in [2.05, 4.69) is 20.4 Å². The lowest BCUT2D eigenvalue weighted by Gasteiger charge is -2.06. The van der Waals surface area contributed by atoms with Crippen molar-refractivity contribution in [2.45, 2.75) is 0 Å². The molecule has 0 saturated carbocycles. The van der Waals surface area contributed by atoms with Gasteiger partial charge in [-0.25, -0.2) is 4.98 Å². The van der Waals surface area contributed by atoms with Gasteiger partial charge >= 0.3 is 0 Å². The van der Waals surface area contributed by atoms with Crippen molar-refractivity contribution in [1.29, 1.82) is 0 Å². The van der Waals surface area contributed by atoms with E-state index < -0.39 is 0 Å². The molecule has 3 aromatic heterocycles. The molecule has 4 aromatic rings. The van der Waals surface area contributed by atoms with Gasteiger partial charge in [0, 0.05) is 22.5 Å². The fourth-order valence-electron chi connectivity index (χ4n) is 2.37. The molecule has 0 amide bonds. The monoisotopic (exact) mass is 391 g/mol. The maximum atomic E-state index is 6.19. The van der Waals surface area contributed by atoms with Crippen molar-refractivity contribution < 1.29 is 0 Å². The van der Waals surface area contributed by atoms with Crippen LogP contribution in [0.3, 0.4) is 0 Å². The first kappa shape index (κ1) is 17.5. The summed E-state index contributed by atoms with van der Waals surface area (Å²) < 4.78 is 1.72. The Kier molecular flexibility index (Phi) is 5.08. The van der Waals surface area contributed by atoms with Gasteiger partial charge in [0.1, 0.15) is 0 Å². The third-order valence-electron chi connectivity index (χ3n) is 3.51. The van der Waals surface area contributed by atoms with Crippen LogP contribution in [0.2, 0.25) is 10.0 Å². The fourth-order valence-corrected chi connectivity index (χ4v) is 2.73. The number of rotatable bonds is 3. The summed E-state index contributed by atoms with van der Waals surface area (Å²) in [4.78, 5) is 8.69. The molecule has 0 spiro atoms. The first-order valence-corrected chi connectivity index (χ1v) is 7.93. The third kappa shape index (κ3) is 3.54. The molecule has 0 saturated heterocycles. The predicted octanol–water partition coefficient (Wildman–Crippen LogP) is 5.26. The lowest BCUT2D eigenvalue weighted by molar-refractivity contribution is 0.943. The van der Waals surface area contributed by atoms with E-state index in [-0.39, 0.29) is 12.4 Å². The Morgan fingerprint density at radius 2 is 1.76 bits per heavy atom. The standard InChI is InChI=1S/C17H11Cl2N5.ClH/c18-12-3-5-13(6-4-12)23-16-10-21-15-8-11(9-22-24(15)16)17-14(19)2-1-7-20-17;/h1-10,23H;1H. The smallest absolute Gasteiger partial charge is 0.156 e. The van der Waals surface area contributed by atoms with Crippen molar-refractivity contribution >= 4 is 52.8 Å². The average molecular weight is 393 g/mol. The Morgan fingerprint density at radius 3 is 2.52 bits per heavy atom. The number of imidazole rings is 1. The number of aromatic nitrogens is 4. The van der Waals surface area contributed by atoms with Crippen LogP contribution in [0, 0.1) is 0 Å². The fraction of sp³-hybridized carbons (Fsp3) is 0. The van der Waals surface area contributed by atoms with Crippen molar-refractivity contribution in [3.8, 4) is 11.3 Å². The van der Waals surface area contributed by atoms with Gasteiger partial charge in [-0.1, -0.05) is 23.2 Å². The van der Waals surface area contributed by atoms with Gasteiger partial charge in [-0.15, -0.1) is 12.4 Å². The van der Waals surface area contributed by atoms with Crippen LogP contribution in [0.5, 0.6) is 0 Å². The molecular weight excluding hydrogens is 381 g/mol. The Hall–Kier alpha value is -2.34. The third-order valence-corrected chi connectivity index (χ3v) is 4.07. The second-order valence-corrected chi connectivity index (χ2v) is 5.97. The molecule has 25 heavy (non-hydrogen) atoms. The summed E-state index contributed by atoms with van der Waals surface area (Å²) in [5.74, 6) is 0.756. The van der Waals surface area contributed by atoms with Crippen LogP contribution in [0.4, 0.5) is 11.5 Å². The summed E-state index contributed by atoms with van der Waals surface area (Å²) in [7, 11) is 0. The maximum Gasteiger partial charge on any atom is 0.156 e. The van der Waals surface area contributed by atoms with Crippen LogP contribution >= 0.6 is 35.6 Å². The highest BCUT2D eigenvalue weighted by molar-refractivity contribution is 6.33. The first-order chi connectivity index (χ1) is 11.7. The molecule has 0 fully saturated rings. The number of anilines is 2. The van der Waals surface area contributed by atoms with Gasteiger partial charge in [-0.05, 0) is 42.5 Å². The van der Waals surface area contributed by atoms with Gasteiger partial charge in [0.25, 0.3) is 0 Å². The summed E-state index contributed by atoms with van der Waals surface area (Å²) in [6.45, 7) is 0. The Balaban J connectivity index is 0.00000182. The average Bonchev–Trinajstić information content (AvgIpc) is 2.99. The number of hydrogen-bond acceptors (Lipinski definition) is 4. The minimum atomic E-state index is 0. The topological polar surface area (TPSA) is 55.1 Å². The maximum absolute atomic E-state index is 6.19. The van der Waals surface area contributed by atoms with E-state index in [1.54, 1.807) is 35.2 Å². The molecule has 3 heterocycles. The molecule has 1 aromatic carbocycles. The number of hydrogen-bond donors (Lipinski definition) is 1. The predicted molar refractivity (Wildman–Crippen MR) is 103 cm³/mol. The Labute approximate surface area is 160 Å². The number of pyridine rings is 1. The molecule has 4 rings (SSSR count). The van der Waals surface area contributed by atoms with E-state index in [0.717, 1.165) is 17.1 Å². The molecule has 0 unspecified atom stereocenters. The van der Waals surface area contributed by atoms with Crippen molar-refractivity contribution in [3.63, 3.8) is 0 Å². The van der Waals surface area contributed by atoms with Crippen LogP contribution in [0.25, 0.3) is 16.9 Å². The van der Waals surface area contributed by atoms with Crippen LogP contribution in [-0.4, -0.2) is 19.6 Å². The summed E-state index contributed by atoms with van der Waals surface area (Å²) in [6, 6.07) is 12.9. The van der Waals surface area contributed by atoms with Crippen LogP contribution in [0.1, 0.15) is 0 Å². The molecule has 0 radical (unpaired) electrons. The van der Waals surface area contributed by atoms with Crippen molar-refractivity contribution in [1.82, 2.24) is 19.6 Å². The van der Waals surface area contributed by atoms with Gasteiger partial charge in [0.15, 0.2) is 11.5 Å². The number of nitrogens with one attached hydrogen (secondary N) is 1. The van der Waals surface area contributed by atoms with E-state index in [9.17, 15) is 0 Å². The number of benzene rings is 1. The van der Waals surface area contributed by atoms with Gasteiger partial charge in [-0.2, -0.15) is 9.61 Å². The Morgan fingerprint density at radius 1 is 0.960 bits per heavy atom. The molecule has 0 atom stereocenters. The molecule has 0 aliphatic carbocycles. The van der Waals surface area contributed by atoms with E-state index in [4.69, 9.17) is 23.2 Å². The van der Waals surface area contributed by atoms with Gasteiger partial charge in [-0.3, -0.25) is 4.98 Å². The van der Waals surface area contributed by atoms with Crippen molar-refractivity contribution in [2.75, 3.05) is 5.32 Å². The minimum Gasteiger partial charge on any atom is -0.339 e.